The first-order valence-electron chi connectivity index (χ1n) is 10.6. The molecule has 0 spiro atoms. The molecule has 0 aliphatic carbocycles. The Morgan fingerprint density at radius 1 is 0.906 bits per heavy atom. The SMILES string of the molecule is O=C(NCc1ccccc1)C1CCC(c2ccccc2)N(S(=O)(=O)c2ccccc2F)C1. The van der Waals surface area contributed by atoms with Gasteiger partial charge >= 0.3 is 0 Å². The van der Waals surface area contributed by atoms with Crippen molar-refractivity contribution >= 4 is 15.9 Å². The average molecular weight is 453 g/mol. The molecule has 4 rings (SSSR count). The van der Waals surface area contributed by atoms with Crippen molar-refractivity contribution in [1.82, 2.24) is 9.62 Å². The van der Waals surface area contributed by atoms with Gasteiger partial charge in [0.05, 0.1) is 12.0 Å². The van der Waals surface area contributed by atoms with Crippen molar-refractivity contribution in [2.24, 2.45) is 5.92 Å². The van der Waals surface area contributed by atoms with E-state index in [-0.39, 0.29) is 17.3 Å². The first-order valence-corrected chi connectivity index (χ1v) is 12.0. The third-order valence-electron chi connectivity index (χ3n) is 5.82. The smallest absolute Gasteiger partial charge is 0.246 e. The summed E-state index contributed by atoms with van der Waals surface area (Å²) in [6.45, 7) is 0.370. The zero-order chi connectivity index (χ0) is 22.6. The van der Waals surface area contributed by atoms with Gasteiger partial charge in [-0.05, 0) is 36.1 Å². The summed E-state index contributed by atoms with van der Waals surface area (Å²) in [5.74, 6) is -1.51. The number of sulfonamides is 1. The van der Waals surface area contributed by atoms with E-state index in [2.05, 4.69) is 5.32 Å². The largest absolute Gasteiger partial charge is 0.352 e. The van der Waals surface area contributed by atoms with Crippen LogP contribution >= 0.6 is 0 Å². The van der Waals surface area contributed by atoms with Crippen LogP contribution in [-0.4, -0.2) is 25.2 Å². The Morgan fingerprint density at radius 3 is 2.22 bits per heavy atom. The Bertz CT molecular complexity index is 1170. The van der Waals surface area contributed by atoms with Crippen LogP contribution in [0, 0.1) is 11.7 Å². The maximum atomic E-state index is 14.4. The van der Waals surface area contributed by atoms with E-state index >= 15 is 0 Å². The molecule has 2 atom stereocenters. The highest BCUT2D eigenvalue weighted by Crippen LogP contribution is 2.38. The summed E-state index contributed by atoms with van der Waals surface area (Å²) in [6.07, 6.45) is 1.02. The highest BCUT2D eigenvalue weighted by atomic mass is 32.2. The lowest BCUT2D eigenvalue weighted by Crippen LogP contribution is -2.47. The van der Waals surface area contributed by atoms with Crippen LogP contribution in [-0.2, 0) is 21.4 Å². The van der Waals surface area contributed by atoms with E-state index in [1.54, 1.807) is 0 Å². The molecule has 0 bridgehead atoms. The summed E-state index contributed by atoms with van der Waals surface area (Å²) in [4.78, 5) is 12.5. The topological polar surface area (TPSA) is 66.5 Å². The number of nitrogens with zero attached hydrogens (tertiary/aromatic N) is 1. The molecule has 1 N–H and O–H groups in total. The minimum atomic E-state index is -4.15. The standard InChI is InChI=1S/C25H25FN2O3S/c26-22-13-7-8-14-24(22)32(30,31)28-18-21(15-16-23(28)20-11-5-2-6-12-20)25(29)27-17-19-9-3-1-4-10-19/h1-14,21,23H,15-18H2,(H,27,29). The number of nitrogens with one attached hydrogen (secondary N) is 1. The number of halogens is 1. The highest BCUT2D eigenvalue weighted by Gasteiger charge is 2.40. The molecule has 1 saturated heterocycles. The molecular weight excluding hydrogens is 427 g/mol. The fourth-order valence-corrected chi connectivity index (χ4v) is 5.89. The maximum Gasteiger partial charge on any atom is 0.246 e. The lowest BCUT2D eigenvalue weighted by Gasteiger charge is -2.38. The van der Waals surface area contributed by atoms with Crippen molar-refractivity contribution in [1.29, 1.82) is 0 Å². The molecule has 1 heterocycles. The Hall–Kier alpha value is -3.03. The van der Waals surface area contributed by atoms with E-state index in [4.69, 9.17) is 0 Å². The predicted octanol–water partition coefficient (Wildman–Crippen LogP) is 4.28. The monoisotopic (exact) mass is 452 g/mol. The molecule has 0 radical (unpaired) electrons. The van der Waals surface area contributed by atoms with Crippen molar-refractivity contribution in [3.05, 3.63) is 102 Å². The molecule has 7 heteroatoms. The third-order valence-corrected chi connectivity index (χ3v) is 7.73. The van der Waals surface area contributed by atoms with E-state index in [0.717, 1.165) is 17.2 Å². The number of rotatable bonds is 6. The maximum absolute atomic E-state index is 14.4. The predicted molar refractivity (Wildman–Crippen MR) is 120 cm³/mol. The molecule has 2 unspecified atom stereocenters. The van der Waals surface area contributed by atoms with Gasteiger partial charge in [-0.2, -0.15) is 4.31 Å². The summed E-state index contributed by atoms with van der Waals surface area (Å²) >= 11 is 0. The van der Waals surface area contributed by atoms with Crippen molar-refractivity contribution < 1.29 is 17.6 Å². The Balaban J connectivity index is 1.60. The summed E-state index contributed by atoms with van der Waals surface area (Å²) in [7, 11) is -4.15. The molecule has 166 valence electrons. The van der Waals surface area contributed by atoms with Gasteiger partial charge < -0.3 is 5.32 Å². The zero-order valence-electron chi connectivity index (χ0n) is 17.5. The van der Waals surface area contributed by atoms with Gasteiger partial charge in [-0.25, -0.2) is 12.8 Å². The van der Waals surface area contributed by atoms with Crippen LogP contribution in [0.3, 0.4) is 0 Å². The second-order valence-electron chi connectivity index (χ2n) is 7.91. The van der Waals surface area contributed by atoms with Crippen molar-refractivity contribution in [2.45, 2.75) is 30.3 Å². The summed E-state index contributed by atoms with van der Waals surface area (Å²) in [6, 6.07) is 23.7. The van der Waals surface area contributed by atoms with Crippen molar-refractivity contribution in [3.63, 3.8) is 0 Å². The Labute approximate surface area is 187 Å². The summed E-state index contributed by atoms with van der Waals surface area (Å²) in [5, 5.41) is 2.91. The zero-order valence-corrected chi connectivity index (χ0v) is 18.3. The van der Waals surface area contributed by atoms with Gasteiger partial charge in [0, 0.05) is 13.1 Å². The molecule has 32 heavy (non-hydrogen) atoms. The van der Waals surface area contributed by atoms with Crippen molar-refractivity contribution in [2.75, 3.05) is 6.54 Å². The van der Waals surface area contributed by atoms with Crippen LogP contribution in [0.15, 0.2) is 89.8 Å². The normalized spacial score (nSPS) is 19.4. The molecular formula is C25H25FN2O3S. The Morgan fingerprint density at radius 2 is 1.53 bits per heavy atom. The molecule has 1 fully saturated rings. The first-order chi connectivity index (χ1) is 15.5. The fourth-order valence-electron chi connectivity index (χ4n) is 4.14. The van der Waals surface area contributed by atoms with Crippen LogP contribution in [0.5, 0.6) is 0 Å². The van der Waals surface area contributed by atoms with E-state index in [0.29, 0.717) is 19.4 Å². The third kappa shape index (κ3) is 4.74. The lowest BCUT2D eigenvalue weighted by molar-refractivity contribution is -0.126. The minimum Gasteiger partial charge on any atom is -0.352 e. The van der Waals surface area contributed by atoms with E-state index < -0.39 is 27.8 Å². The molecule has 0 aromatic heterocycles. The van der Waals surface area contributed by atoms with Crippen molar-refractivity contribution in [3.8, 4) is 0 Å². The molecule has 1 aliphatic rings. The van der Waals surface area contributed by atoms with Crippen LogP contribution in [0.4, 0.5) is 4.39 Å². The number of carbonyl (C=O) groups is 1. The number of hydrogen-bond acceptors (Lipinski definition) is 3. The lowest BCUT2D eigenvalue weighted by atomic mass is 9.90. The summed E-state index contributed by atoms with van der Waals surface area (Å²) < 4.78 is 42.7. The van der Waals surface area contributed by atoms with E-state index in [1.807, 2.05) is 60.7 Å². The van der Waals surface area contributed by atoms with Gasteiger partial charge in [0.2, 0.25) is 15.9 Å². The molecule has 5 nitrogen and oxygen atoms in total. The van der Waals surface area contributed by atoms with Gasteiger partial charge in [0.1, 0.15) is 10.7 Å². The van der Waals surface area contributed by atoms with Gasteiger partial charge in [0.25, 0.3) is 0 Å². The second-order valence-corrected chi connectivity index (χ2v) is 9.77. The van der Waals surface area contributed by atoms with Crippen LogP contribution in [0.25, 0.3) is 0 Å². The fraction of sp³-hybridized carbons (Fsp3) is 0.240. The number of benzene rings is 3. The molecule has 0 saturated carbocycles. The van der Waals surface area contributed by atoms with Gasteiger partial charge in [-0.1, -0.05) is 72.8 Å². The Kier molecular flexibility index (Phi) is 6.67. The molecule has 3 aromatic rings. The van der Waals surface area contributed by atoms with Crippen LogP contribution in [0.2, 0.25) is 0 Å². The van der Waals surface area contributed by atoms with Crippen LogP contribution < -0.4 is 5.32 Å². The summed E-state index contributed by atoms with van der Waals surface area (Å²) in [5.41, 5.74) is 1.80. The number of piperidine rings is 1. The molecule has 1 amide bonds. The first kappa shape index (κ1) is 22.2. The molecule has 1 aliphatic heterocycles. The second kappa shape index (κ2) is 9.63. The number of amides is 1. The average Bonchev–Trinajstić information content (AvgIpc) is 2.83. The van der Waals surface area contributed by atoms with Gasteiger partial charge in [-0.15, -0.1) is 0 Å². The van der Waals surface area contributed by atoms with E-state index in [1.165, 1.54) is 22.5 Å². The molecule has 3 aromatic carbocycles. The van der Waals surface area contributed by atoms with E-state index in [9.17, 15) is 17.6 Å². The number of hydrogen-bond donors (Lipinski definition) is 1. The quantitative estimate of drug-likeness (QED) is 0.607. The van der Waals surface area contributed by atoms with Gasteiger partial charge in [0.15, 0.2) is 0 Å². The number of carbonyl (C=O) groups excluding carboxylic acids is 1. The van der Waals surface area contributed by atoms with Gasteiger partial charge in [-0.3, -0.25) is 4.79 Å². The highest BCUT2D eigenvalue weighted by molar-refractivity contribution is 7.89. The minimum absolute atomic E-state index is 0.00312. The van der Waals surface area contributed by atoms with Crippen LogP contribution in [0.1, 0.15) is 30.0 Å².